The van der Waals surface area contributed by atoms with E-state index in [2.05, 4.69) is 45.7 Å². The van der Waals surface area contributed by atoms with Crippen molar-refractivity contribution in [3.05, 3.63) is 11.3 Å². The number of hydrogen-bond acceptors (Lipinski definition) is 3. The topological polar surface area (TPSA) is 46.5 Å². The van der Waals surface area contributed by atoms with E-state index in [9.17, 15) is 9.90 Å². The summed E-state index contributed by atoms with van der Waals surface area (Å²) in [6, 6.07) is 0. The summed E-state index contributed by atoms with van der Waals surface area (Å²) in [7, 11) is -1.76. The normalized spacial score (nSPS) is 16.8. The molecular weight excluding hydrogens is 244 g/mol. The smallest absolute Gasteiger partial charge is 0.198 e. The average molecular weight is 266 g/mol. The molecule has 0 aromatic heterocycles. The van der Waals surface area contributed by atoms with Crippen molar-refractivity contribution >= 4 is 14.1 Å². The van der Waals surface area contributed by atoms with Gasteiger partial charge in [0.05, 0.1) is 6.61 Å². The van der Waals surface area contributed by atoms with Crippen molar-refractivity contribution in [2.24, 2.45) is 0 Å². The maximum absolute atomic E-state index is 11.1. The van der Waals surface area contributed by atoms with Gasteiger partial charge >= 0.3 is 0 Å². The molecule has 0 unspecified atom stereocenters. The highest BCUT2D eigenvalue weighted by atomic mass is 28.4. The molecule has 0 amide bonds. The quantitative estimate of drug-likeness (QED) is 0.617. The Hall–Kier alpha value is -1.05. The molecule has 18 heavy (non-hydrogen) atoms. The first-order valence-electron chi connectivity index (χ1n) is 6.23. The Morgan fingerprint density at radius 2 is 1.94 bits per heavy atom. The van der Waals surface area contributed by atoms with Crippen LogP contribution in [0.5, 0.6) is 0 Å². The number of ketones is 1. The Morgan fingerprint density at radius 1 is 1.33 bits per heavy atom. The van der Waals surface area contributed by atoms with E-state index in [4.69, 9.17) is 4.43 Å². The maximum atomic E-state index is 11.1. The summed E-state index contributed by atoms with van der Waals surface area (Å²) in [6.07, 6.45) is 0.927. The zero-order valence-electron chi connectivity index (χ0n) is 11.9. The third-order valence-corrected chi connectivity index (χ3v) is 8.18. The fourth-order valence-electron chi connectivity index (χ4n) is 1.34. The van der Waals surface area contributed by atoms with Crippen LogP contribution in [0.25, 0.3) is 0 Å². The second-order valence-corrected chi connectivity index (χ2v) is 10.9. The van der Waals surface area contributed by atoms with Crippen molar-refractivity contribution in [1.29, 1.82) is 0 Å². The molecule has 0 atom stereocenters. The van der Waals surface area contributed by atoms with Crippen LogP contribution in [0.15, 0.2) is 11.3 Å². The van der Waals surface area contributed by atoms with Gasteiger partial charge in [0.15, 0.2) is 19.9 Å². The molecule has 0 aliphatic heterocycles. The third kappa shape index (κ3) is 3.47. The van der Waals surface area contributed by atoms with Crippen LogP contribution in [0.4, 0.5) is 0 Å². The minimum Gasteiger partial charge on any atom is -0.504 e. The highest BCUT2D eigenvalue weighted by Crippen LogP contribution is 2.36. The second-order valence-electron chi connectivity index (χ2n) is 6.10. The van der Waals surface area contributed by atoms with E-state index in [1.807, 2.05) is 0 Å². The summed E-state index contributed by atoms with van der Waals surface area (Å²) in [5.41, 5.74) is 0.554. The van der Waals surface area contributed by atoms with Gasteiger partial charge in [-0.05, 0) is 24.6 Å². The van der Waals surface area contributed by atoms with Crippen LogP contribution in [0.3, 0.4) is 0 Å². The van der Waals surface area contributed by atoms with E-state index in [0.717, 1.165) is 0 Å². The van der Waals surface area contributed by atoms with E-state index in [1.54, 1.807) is 0 Å². The largest absolute Gasteiger partial charge is 0.504 e. The number of hydrogen-bond donors (Lipinski definition) is 1. The van der Waals surface area contributed by atoms with Crippen LogP contribution in [0.2, 0.25) is 18.1 Å². The predicted octanol–water partition coefficient (Wildman–Crippen LogP) is 3.19. The number of rotatable bonds is 2. The number of aliphatic hydroxyl groups is 1. The molecule has 100 valence electrons. The minimum absolute atomic E-state index is 0.158. The molecule has 1 aliphatic rings. The van der Waals surface area contributed by atoms with Crippen LogP contribution in [-0.4, -0.2) is 25.8 Å². The molecule has 1 aliphatic carbocycles. The first-order chi connectivity index (χ1) is 8.15. The molecule has 0 aromatic carbocycles. The van der Waals surface area contributed by atoms with Crippen molar-refractivity contribution < 1.29 is 14.3 Å². The molecule has 0 bridgehead atoms. The molecule has 0 heterocycles. The third-order valence-electron chi connectivity index (χ3n) is 3.70. The lowest BCUT2D eigenvalue weighted by molar-refractivity contribution is -0.117. The fourth-order valence-corrected chi connectivity index (χ4v) is 2.21. The molecule has 0 aromatic rings. The van der Waals surface area contributed by atoms with Gasteiger partial charge in [0.25, 0.3) is 0 Å². The molecule has 1 N–H and O–H groups in total. The molecule has 0 radical (unpaired) electrons. The van der Waals surface area contributed by atoms with Crippen molar-refractivity contribution in [1.82, 2.24) is 0 Å². The predicted molar refractivity (Wildman–Crippen MR) is 74.8 cm³/mol. The van der Waals surface area contributed by atoms with E-state index >= 15 is 0 Å². The van der Waals surface area contributed by atoms with Crippen molar-refractivity contribution in [3.63, 3.8) is 0 Å². The summed E-state index contributed by atoms with van der Waals surface area (Å²) in [5, 5.41) is 9.61. The number of allylic oxidation sites excluding steroid dienone is 2. The molecule has 3 nitrogen and oxygen atoms in total. The molecule has 4 heteroatoms. The van der Waals surface area contributed by atoms with Gasteiger partial charge in [-0.1, -0.05) is 32.6 Å². The maximum Gasteiger partial charge on any atom is 0.198 e. The lowest BCUT2D eigenvalue weighted by Gasteiger charge is -2.35. The van der Waals surface area contributed by atoms with Gasteiger partial charge in [0, 0.05) is 12.0 Å². The van der Waals surface area contributed by atoms with Gasteiger partial charge in [0.1, 0.15) is 0 Å². The van der Waals surface area contributed by atoms with Crippen LogP contribution < -0.4 is 0 Å². The van der Waals surface area contributed by atoms with Gasteiger partial charge in [-0.15, -0.1) is 0 Å². The van der Waals surface area contributed by atoms with Crippen molar-refractivity contribution in [2.45, 2.75) is 51.7 Å². The van der Waals surface area contributed by atoms with Gasteiger partial charge in [-0.2, -0.15) is 0 Å². The van der Waals surface area contributed by atoms with Gasteiger partial charge < -0.3 is 9.53 Å². The Bertz CT molecular complexity index is 430. The van der Waals surface area contributed by atoms with Gasteiger partial charge in [-0.3, -0.25) is 4.79 Å². The molecule has 0 saturated carbocycles. The van der Waals surface area contributed by atoms with Crippen molar-refractivity contribution in [2.75, 3.05) is 6.61 Å². The summed E-state index contributed by atoms with van der Waals surface area (Å²) < 4.78 is 5.89. The summed E-state index contributed by atoms with van der Waals surface area (Å²) >= 11 is 0. The van der Waals surface area contributed by atoms with Crippen LogP contribution in [0.1, 0.15) is 33.6 Å². The molecular formula is C14H22O3Si. The van der Waals surface area contributed by atoms with Crippen LogP contribution >= 0.6 is 0 Å². The number of Topliss-reactive ketones (excluding diaryl/α,β-unsaturated/α-hetero) is 1. The van der Waals surface area contributed by atoms with E-state index < -0.39 is 8.32 Å². The van der Waals surface area contributed by atoms with Gasteiger partial charge in [0.2, 0.25) is 0 Å². The number of carbonyl (C=O) groups excluding carboxylic acids is 1. The highest BCUT2D eigenvalue weighted by Gasteiger charge is 2.36. The minimum atomic E-state index is -1.76. The van der Waals surface area contributed by atoms with E-state index in [0.29, 0.717) is 25.0 Å². The molecule has 0 spiro atoms. The summed E-state index contributed by atoms with van der Waals surface area (Å²) in [6.45, 7) is 11.2. The number of carbonyl (C=O) groups is 1. The number of aliphatic hydroxyl groups excluding tert-OH is 1. The Kier molecular flexibility index (Phi) is 4.41. The second kappa shape index (κ2) is 5.29. The van der Waals surface area contributed by atoms with E-state index in [-0.39, 0.29) is 16.6 Å². The SMILES string of the molecule is CC(C)(C)[Si](C)(C)OCC#CC1=C(O)C(=O)CC1. The monoisotopic (exact) mass is 266 g/mol. The highest BCUT2D eigenvalue weighted by molar-refractivity contribution is 6.74. The molecule has 1 rings (SSSR count). The Labute approximate surface area is 110 Å². The Balaban J connectivity index is 2.57. The summed E-state index contributed by atoms with van der Waals surface area (Å²) in [4.78, 5) is 11.1. The zero-order chi connectivity index (χ0) is 14.0. The molecule has 0 fully saturated rings. The van der Waals surface area contributed by atoms with E-state index in [1.165, 1.54) is 0 Å². The van der Waals surface area contributed by atoms with Gasteiger partial charge in [-0.25, -0.2) is 0 Å². The molecule has 0 saturated heterocycles. The van der Waals surface area contributed by atoms with Crippen LogP contribution in [0, 0.1) is 11.8 Å². The van der Waals surface area contributed by atoms with Crippen molar-refractivity contribution in [3.8, 4) is 11.8 Å². The Morgan fingerprint density at radius 3 is 2.39 bits per heavy atom. The fraction of sp³-hybridized carbons (Fsp3) is 0.643. The summed E-state index contributed by atoms with van der Waals surface area (Å²) in [5.74, 6) is 5.38. The lowest BCUT2D eigenvalue weighted by Crippen LogP contribution is -2.40. The first kappa shape index (κ1) is 15.0. The van der Waals surface area contributed by atoms with Crippen LogP contribution in [-0.2, 0) is 9.22 Å². The lowest BCUT2D eigenvalue weighted by atomic mass is 10.2. The average Bonchev–Trinajstić information content (AvgIpc) is 2.54. The standard InChI is InChI=1S/C14H22O3Si/c1-14(2,3)18(4,5)17-10-6-7-11-8-9-12(15)13(11)16/h16H,8-10H2,1-5H3. The first-order valence-corrected chi connectivity index (χ1v) is 9.14. The zero-order valence-corrected chi connectivity index (χ0v) is 12.9.